The van der Waals surface area contributed by atoms with Gasteiger partial charge in [0.1, 0.15) is 5.82 Å². The highest BCUT2D eigenvalue weighted by molar-refractivity contribution is 5.98. The van der Waals surface area contributed by atoms with Gasteiger partial charge in [-0.05, 0) is 56.0 Å². The van der Waals surface area contributed by atoms with Crippen molar-refractivity contribution in [1.82, 2.24) is 14.9 Å². The maximum Gasteiger partial charge on any atom is 0.253 e. The summed E-state index contributed by atoms with van der Waals surface area (Å²) >= 11 is 0. The summed E-state index contributed by atoms with van der Waals surface area (Å²) in [4.78, 5) is 35.0. The van der Waals surface area contributed by atoms with Crippen LogP contribution in [0.25, 0.3) is 11.0 Å². The lowest BCUT2D eigenvalue weighted by Crippen LogP contribution is -2.38. The number of piperidine rings is 1. The molecule has 1 aromatic heterocycles. The van der Waals surface area contributed by atoms with Crippen LogP contribution in [0.4, 0.5) is 5.69 Å². The van der Waals surface area contributed by atoms with E-state index in [0.29, 0.717) is 30.3 Å². The van der Waals surface area contributed by atoms with Crippen molar-refractivity contribution in [3.63, 3.8) is 0 Å². The Hall–Kier alpha value is -3.15. The standard InChI is InChI=1S/C23H24N4O2/c28-22(16-8-9-16)24-18-5-3-4-17(14-18)23(29)27-12-10-15(11-13-27)21-25-19-6-1-2-7-20(19)26-21/h1-7,14-16H,8-13H2,(H,24,28)(H,25,26). The average molecular weight is 388 g/mol. The van der Waals surface area contributed by atoms with Crippen molar-refractivity contribution in [2.24, 2.45) is 5.92 Å². The van der Waals surface area contributed by atoms with Crippen LogP contribution in [0, 0.1) is 5.92 Å². The Kier molecular flexibility index (Phi) is 4.54. The van der Waals surface area contributed by atoms with E-state index in [1.54, 1.807) is 6.07 Å². The molecule has 1 aliphatic carbocycles. The molecular weight excluding hydrogens is 364 g/mol. The molecule has 1 saturated carbocycles. The van der Waals surface area contributed by atoms with Crippen molar-refractivity contribution in [2.75, 3.05) is 18.4 Å². The number of para-hydroxylation sites is 2. The predicted octanol–water partition coefficient (Wildman–Crippen LogP) is 3.93. The van der Waals surface area contributed by atoms with Crippen molar-refractivity contribution >= 4 is 28.5 Å². The number of nitrogens with zero attached hydrogens (tertiary/aromatic N) is 2. The summed E-state index contributed by atoms with van der Waals surface area (Å²) in [5, 5.41) is 2.92. The van der Waals surface area contributed by atoms with Crippen molar-refractivity contribution in [3.05, 3.63) is 59.9 Å². The van der Waals surface area contributed by atoms with Gasteiger partial charge in [0, 0.05) is 36.2 Å². The van der Waals surface area contributed by atoms with E-state index in [9.17, 15) is 9.59 Å². The zero-order valence-electron chi connectivity index (χ0n) is 16.2. The van der Waals surface area contributed by atoms with E-state index in [1.807, 2.05) is 47.4 Å². The quantitative estimate of drug-likeness (QED) is 0.711. The van der Waals surface area contributed by atoms with Gasteiger partial charge in [0.15, 0.2) is 0 Å². The van der Waals surface area contributed by atoms with Crippen molar-refractivity contribution in [2.45, 2.75) is 31.6 Å². The fourth-order valence-corrected chi connectivity index (χ4v) is 4.02. The van der Waals surface area contributed by atoms with E-state index < -0.39 is 0 Å². The zero-order chi connectivity index (χ0) is 19.8. The molecule has 6 nitrogen and oxygen atoms in total. The van der Waals surface area contributed by atoms with Crippen LogP contribution in [0.1, 0.15) is 47.8 Å². The number of carbonyl (C=O) groups is 2. The number of likely N-dealkylation sites (tertiary alicyclic amines) is 1. The van der Waals surface area contributed by atoms with Gasteiger partial charge in [-0.25, -0.2) is 4.98 Å². The van der Waals surface area contributed by atoms with Gasteiger partial charge in [0.05, 0.1) is 11.0 Å². The number of nitrogens with one attached hydrogen (secondary N) is 2. The highest BCUT2D eigenvalue weighted by Gasteiger charge is 2.30. The van der Waals surface area contributed by atoms with E-state index in [-0.39, 0.29) is 17.7 Å². The molecule has 2 aliphatic rings. The van der Waals surface area contributed by atoms with Crippen LogP contribution in [0.3, 0.4) is 0 Å². The second kappa shape index (κ2) is 7.35. The summed E-state index contributed by atoms with van der Waals surface area (Å²) in [6.07, 6.45) is 3.71. The third-order valence-corrected chi connectivity index (χ3v) is 5.90. The van der Waals surface area contributed by atoms with Gasteiger partial charge in [-0.1, -0.05) is 18.2 Å². The van der Waals surface area contributed by atoms with E-state index in [1.165, 1.54) is 0 Å². The number of carbonyl (C=O) groups excluding carboxylic acids is 2. The maximum absolute atomic E-state index is 13.0. The zero-order valence-corrected chi connectivity index (χ0v) is 16.2. The Bertz CT molecular complexity index is 1030. The smallest absolute Gasteiger partial charge is 0.253 e. The highest BCUT2D eigenvalue weighted by atomic mass is 16.2. The van der Waals surface area contributed by atoms with Gasteiger partial charge in [-0.15, -0.1) is 0 Å². The molecule has 0 unspecified atom stereocenters. The Morgan fingerprint density at radius 3 is 2.55 bits per heavy atom. The van der Waals surface area contributed by atoms with Crippen molar-refractivity contribution in [3.8, 4) is 0 Å². The number of amides is 2. The second-order valence-corrected chi connectivity index (χ2v) is 8.05. The summed E-state index contributed by atoms with van der Waals surface area (Å²) in [6, 6.07) is 15.3. The van der Waals surface area contributed by atoms with E-state index >= 15 is 0 Å². The Morgan fingerprint density at radius 2 is 1.79 bits per heavy atom. The van der Waals surface area contributed by atoms with Crippen LogP contribution in [0.15, 0.2) is 48.5 Å². The molecule has 2 amide bonds. The lowest BCUT2D eigenvalue weighted by atomic mass is 9.95. The van der Waals surface area contributed by atoms with Crippen LogP contribution in [0.5, 0.6) is 0 Å². The molecule has 0 atom stereocenters. The molecule has 2 N–H and O–H groups in total. The molecule has 29 heavy (non-hydrogen) atoms. The molecule has 6 heteroatoms. The number of rotatable bonds is 4. The number of aromatic nitrogens is 2. The van der Waals surface area contributed by atoms with Crippen LogP contribution in [0.2, 0.25) is 0 Å². The molecule has 148 valence electrons. The van der Waals surface area contributed by atoms with Gasteiger partial charge in [0.2, 0.25) is 5.91 Å². The van der Waals surface area contributed by atoms with Gasteiger partial charge < -0.3 is 15.2 Å². The maximum atomic E-state index is 13.0. The summed E-state index contributed by atoms with van der Waals surface area (Å²) in [5.41, 5.74) is 3.38. The van der Waals surface area contributed by atoms with Gasteiger partial charge in [0.25, 0.3) is 5.91 Å². The van der Waals surface area contributed by atoms with E-state index in [0.717, 1.165) is 42.5 Å². The molecular formula is C23H24N4O2. The minimum absolute atomic E-state index is 0.0237. The number of H-pyrrole nitrogens is 1. The number of hydrogen-bond acceptors (Lipinski definition) is 3. The highest BCUT2D eigenvalue weighted by Crippen LogP contribution is 2.31. The number of hydrogen-bond donors (Lipinski definition) is 2. The summed E-state index contributed by atoms with van der Waals surface area (Å²) in [7, 11) is 0. The van der Waals surface area contributed by atoms with E-state index in [4.69, 9.17) is 4.98 Å². The first-order valence-electron chi connectivity index (χ1n) is 10.3. The molecule has 2 fully saturated rings. The predicted molar refractivity (Wildman–Crippen MR) is 112 cm³/mol. The second-order valence-electron chi connectivity index (χ2n) is 8.05. The SMILES string of the molecule is O=C(Nc1cccc(C(=O)N2CCC(c3nc4ccccc4[nH]3)CC2)c1)C1CC1. The molecule has 5 rings (SSSR count). The molecule has 0 bridgehead atoms. The van der Waals surface area contributed by atoms with E-state index in [2.05, 4.69) is 10.3 Å². The van der Waals surface area contributed by atoms with Crippen LogP contribution in [-0.4, -0.2) is 39.8 Å². The fourth-order valence-electron chi connectivity index (χ4n) is 4.02. The number of benzene rings is 2. The van der Waals surface area contributed by atoms with Crippen molar-refractivity contribution in [1.29, 1.82) is 0 Å². The van der Waals surface area contributed by atoms with Crippen molar-refractivity contribution < 1.29 is 9.59 Å². The third kappa shape index (κ3) is 3.75. The summed E-state index contributed by atoms with van der Waals surface area (Å²) in [6.45, 7) is 1.42. The number of imidazole rings is 1. The normalized spacial score (nSPS) is 17.4. The fraction of sp³-hybridized carbons (Fsp3) is 0.348. The summed E-state index contributed by atoms with van der Waals surface area (Å²) in [5.74, 6) is 1.59. The minimum Gasteiger partial charge on any atom is -0.342 e. The molecule has 3 aromatic rings. The lowest BCUT2D eigenvalue weighted by Gasteiger charge is -2.31. The van der Waals surface area contributed by atoms with Crippen LogP contribution in [-0.2, 0) is 4.79 Å². The third-order valence-electron chi connectivity index (χ3n) is 5.90. The molecule has 1 aliphatic heterocycles. The Morgan fingerprint density at radius 1 is 1.00 bits per heavy atom. The van der Waals surface area contributed by atoms with Crippen LogP contribution >= 0.6 is 0 Å². The monoisotopic (exact) mass is 388 g/mol. The Labute approximate surface area is 169 Å². The first-order chi connectivity index (χ1) is 14.2. The van der Waals surface area contributed by atoms with Gasteiger partial charge in [-0.3, -0.25) is 9.59 Å². The minimum atomic E-state index is 0.0237. The number of fused-ring (bicyclic) bond motifs is 1. The lowest BCUT2D eigenvalue weighted by molar-refractivity contribution is -0.117. The summed E-state index contributed by atoms with van der Waals surface area (Å²) < 4.78 is 0. The molecule has 2 heterocycles. The van der Waals surface area contributed by atoms with Gasteiger partial charge >= 0.3 is 0 Å². The number of anilines is 1. The van der Waals surface area contributed by atoms with Crippen LogP contribution < -0.4 is 5.32 Å². The molecule has 2 aromatic carbocycles. The Balaban J connectivity index is 1.23. The molecule has 0 spiro atoms. The topological polar surface area (TPSA) is 78.1 Å². The largest absolute Gasteiger partial charge is 0.342 e. The first kappa shape index (κ1) is 17.9. The number of aromatic amines is 1. The molecule has 0 radical (unpaired) electrons. The first-order valence-corrected chi connectivity index (χ1v) is 10.3. The average Bonchev–Trinajstić information content (AvgIpc) is 3.52. The molecule has 1 saturated heterocycles. The van der Waals surface area contributed by atoms with Gasteiger partial charge in [-0.2, -0.15) is 0 Å².